The molecule has 8 heteroatoms. The summed E-state index contributed by atoms with van der Waals surface area (Å²) in [5.41, 5.74) is -0.240. The van der Waals surface area contributed by atoms with Gasteiger partial charge in [0, 0.05) is 25.0 Å². The molecule has 7 nitrogen and oxygen atoms in total. The number of anilines is 1. The van der Waals surface area contributed by atoms with Gasteiger partial charge in [-0.05, 0) is 23.6 Å². The normalized spacial score (nSPS) is 11.2. The number of carbonyl (C=O) groups is 1. The SMILES string of the molecule is Cn1c(=O)c2cc(NC(=O)/C=C/c3cccs3)cnc2n(C)c1=O. The van der Waals surface area contributed by atoms with Gasteiger partial charge in [0.2, 0.25) is 5.91 Å². The predicted octanol–water partition coefficient (Wildman–Crippen LogP) is 1.35. The topological polar surface area (TPSA) is 86.0 Å². The van der Waals surface area contributed by atoms with E-state index in [2.05, 4.69) is 10.3 Å². The maximum atomic E-state index is 12.2. The largest absolute Gasteiger partial charge is 0.332 e. The third-order valence-electron chi connectivity index (χ3n) is 3.50. The van der Waals surface area contributed by atoms with Gasteiger partial charge in [-0.2, -0.15) is 0 Å². The number of rotatable bonds is 3. The van der Waals surface area contributed by atoms with Crippen molar-refractivity contribution in [2.45, 2.75) is 0 Å². The van der Waals surface area contributed by atoms with Crippen molar-refractivity contribution in [1.29, 1.82) is 0 Å². The van der Waals surface area contributed by atoms with Gasteiger partial charge in [-0.25, -0.2) is 9.78 Å². The molecule has 0 saturated heterocycles. The lowest BCUT2D eigenvalue weighted by Crippen LogP contribution is -2.37. The van der Waals surface area contributed by atoms with E-state index in [1.165, 1.54) is 41.3 Å². The molecule has 0 unspecified atom stereocenters. The Bertz CT molecular complexity index is 1060. The minimum atomic E-state index is -0.453. The zero-order valence-electron chi connectivity index (χ0n) is 13.0. The first-order chi connectivity index (χ1) is 11.5. The first-order valence-electron chi connectivity index (χ1n) is 7.05. The molecule has 3 rings (SSSR count). The van der Waals surface area contributed by atoms with Crippen molar-refractivity contribution in [3.05, 3.63) is 61.6 Å². The summed E-state index contributed by atoms with van der Waals surface area (Å²) in [6.07, 6.45) is 4.53. The molecule has 0 aromatic carbocycles. The molecule has 0 atom stereocenters. The van der Waals surface area contributed by atoms with E-state index in [9.17, 15) is 14.4 Å². The standard InChI is InChI=1S/C16H14N4O3S/c1-19-14-12(15(22)20(2)16(19)23)8-10(9-17-14)18-13(21)6-5-11-4-3-7-24-11/h3-9H,1-2H3,(H,18,21)/b6-5+. The minimum absolute atomic E-state index is 0.264. The van der Waals surface area contributed by atoms with Gasteiger partial charge in [-0.1, -0.05) is 6.07 Å². The number of nitrogens with one attached hydrogen (secondary N) is 1. The Morgan fingerprint density at radius 1 is 1.29 bits per heavy atom. The van der Waals surface area contributed by atoms with Gasteiger partial charge in [0.25, 0.3) is 5.56 Å². The Kier molecular flexibility index (Phi) is 4.13. The predicted molar refractivity (Wildman–Crippen MR) is 94.2 cm³/mol. The molecule has 1 N–H and O–H groups in total. The summed E-state index contributed by atoms with van der Waals surface area (Å²) in [6, 6.07) is 5.31. The van der Waals surface area contributed by atoms with E-state index >= 15 is 0 Å². The Labute approximate surface area is 140 Å². The van der Waals surface area contributed by atoms with Crippen molar-refractivity contribution in [1.82, 2.24) is 14.1 Å². The summed E-state index contributed by atoms with van der Waals surface area (Å²) in [6.45, 7) is 0. The Morgan fingerprint density at radius 2 is 2.08 bits per heavy atom. The van der Waals surface area contributed by atoms with Gasteiger partial charge < -0.3 is 5.32 Å². The molecule has 3 aromatic rings. The number of pyridine rings is 1. The van der Waals surface area contributed by atoms with Crippen molar-refractivity contribution in [3.8, 4) is 0 Å². The number of aryl methyl sites for hydroxylation is 1. The van der Waals surface area contributed by atoms with E-state index in [0.29, 0.717) is 5.69 Å². The third-order valence-corrected chi connectivity index (χ3v) is 4.34. The number of amides is 1. The number of hydrogen-bond donors (Lipinski definition) is 1. The van der Waals surface area contributed by atoms with Crippen molar-refractivity contribution >= 4 is 40.0 Å². The van der Waals surface area contributed by atoms with Crippen molar-refractivity contribution in [2.75, 3.05) is 5.32 Å². The third kappa shape index (κ3) is 2.91. The fourth-order valence-corrected chi connectivity index (χ4v) is 2.88. The summed E-state index contributed by atoms with van der Waals surface area (Å²) in [7, 11) is 2.94. The van der Waals surface area contributed by atoms with Crippen molar-refractivity contribution in [2.24, 2.45) is 14.1 Å². The van der Waals surface area contributed by atoms with Crippen LogP contribution in [0.5, 0.6) is 0 Å². The number of carbonyl (C=O) groups excluding carboxylic acids is 1. The molecule has 0 spiro atoms. The van der Waals surface area contributed by atoms with Crippen LogP contribution in [-0.2, 0) is 18.9 Å². The summed E-state index contributed by atoms with van der Waals surface area (Å²) in [4.78, 5) is 41.1. The van der Waals surface area contributed by atoms with Gasteiger partial charge >= 0.3 is 5.69 Å². The van der Waals surface area contributed by atoms with Crippen LogP contribution in [0.3, 0.4) is 0 Å². The molecule has 0 bridgehead atoms. The van der Waals surface area contributed by atoms with Gasteiger partial charge in [0.1, 0.15) is 5.65 Å². The number of hydrogen-bond acceptors (Lipinski definition) is 5. The van der Waals surface area contributed by atoms with E-state index < -0.39 is 11.2 Å². The molecule has 1 amide bonds. The van der Waals surface area contributed by atoms with Crippen molar-refractivity contribution < 1.29 is 4.79 Å². The second-order valence-corrected chi connectivity index (χ2v) is 6.12. The van der Waals surface area contributed by atoms with Crippen molar-refractivity contribution in [3.63, 3.8) is 0 Å². The van der Waals surface area contributed by atoms with Crippen LogP contribution in [0.15, 0.2) is 45.4 Å². The summed E-state index contributed by atoms with van der Waals surface area (Å²) >= 11 is 1.52. The fraction of sp³-hybridized carbons (Fsp3) is 0.125. The molecule has 0 saturated carbocycles. The monoisotopic (exact) mass is 342 g/mol. The molecule has 24 heavy (non-hydrogen) atoms. The lowest BCUT2D eigenvalue weighted by molar-refractivity contribution is -0.111. The Hall–Kier alpha value is -3.00. The minimum Gasteiger partial charge on any atom is -0.321 e. The van der Waals surface area contributed by atoms with Gasteiger partial charge in [0.15, 0.2) is 0 Å². The highest BCUT2D eigenvalue weighted by Crippen LogP contribution is 2.13. The van der Waals surface area contributed by atoms with Crippen LogP contribution in [0.25, 0.3) is 17.1 Å². The van der Waals surface area contributed by atoms with E-state index in [1.54, 1.807) is 13.1 Å². The van der Waals surface area contributed by atoms with E-state index in [1.807, 2.05) is 17.5 Å². The number of nitrogens with zero attached hydrogens (tertiary/aromatic N) is 3. The fourth-order valence-electron chi connectivity index (χ4n) is 2.26. The van der Waals surface area contributed by atoms with Crippen LogP contribution in [0, 0.1) is 0 Å². The first-order valence-corrected chi connectivity index (χ1v) is 7.93. The number of thiophene rings is 1. The smallest absolute Gasteiger partial charge is 0.321 e. The second kappa shape index (κ2) is 6.25. The highest BCUT2D eigenvalue weighted by atomic mass is 32.1. The molecular formula is C16H14N4O3S. The van der Waals surface area contributed by atoms with E-state index in [-0.39, 0.29) is 16.9 Å². The van der Waals surface area contributed by atoms with Crippen LogP contribution in [0.2, 0.25) is 0 Å². The highest BCUT2D eigenvalue weighted by molar-refractivity contribution is 7.10. The molecule has 0 aliphatic carbocycles. The molecule has 3 aromatic heterocycles. The molecule has 0 fully saturated rings. The lowest BCUT2D eigenvalue weighted by atomic mass is 10.3. The number of aromatic nitrogens is 3. The van der Waals surface area contributed by atoms with Crippen LogP contribution in [0.1, 0.15) is 4.88 Å². The average Bonchev–Trinajstić information content (AvgIpc) is 3.09. The van der Waals surface area contributed by atoms with Crippen LogP contribution < -0.4 is 16.6 Å². The molecule has 0 aliphatic heterocycles. The number of fused-ring (bicyclic) bond motifs is 1. The average molecular weight is 342 g/mol. The molecule has 3 heterocycles. The molecule has 122 valence electrons. The quantitative estimate of drug-likeness (QED) is 0.728. The van der Waals surface area contributed by atoms with Gasteiger partial charge in [-0.3, -0.25) is 18.7 Å². The zero-order chi connectivity index (χ0) is 17.3. The molecule has 0 aliphatic rings. The summed E-state index contributed by atoms with van der Waals surface area (Å²) in [5.74, 6) is -0.328. The van der Waals surface area contributed by atoms with Gasteiger partial charge in [-0.15, -0.1) is 11.3 Å². The van der Waals surface area contributed by atoms with E-state index in [0.717, 1.165) is 9.44 Å². The summed E-state index contributed by atoms with van der Waals surface area (Å²) in [5, 5.41) is 4.84. The lowest BCUT2D eigenvalue weighted by Gasteiger charge is -2.08. The maximum absolute atomic E-state index is 12.2. The van der Waals surface area contributed by atoms with Gasteiger partial charge in [0.05, 0.1) is 17.3 Å². The Morgan fingerprint density at radius 3 is 2.79 bits per heavy atom. The molecule has 0 radical (unpaired) electrons. The maximum Gasteiger partial charge on any atom is 0.332 e. The summed E-state index contributed by atoms with van der Waals surface area (Å²) < 4.78 is 2.30. The zero-order valence-corrected chi connectivity index (χ0v) is 13.8. The van der Waals surface area contributed by atoms with Crippen LogP contribution in [-0.4, -0.2) is 20.0 Å². The highest BCUT2D eigenvalue weighted by Gasteiger charge is 2.10. The van der Waals surface area contributed by atoms with Crippen LogP contribution in [0.4, 0.5) is 5.69 Å². The second-order valence-electron chi connectivity index (χ2n) is 5.14. The first kappa shape index (κ1) is 15.9. The van der Waals surface area contributed by atoms with E-state index in [4.69, 9.17) is 0 Å². The Balaban J connectivity index is 1.93. The molecular weight excluding hydrogens is 328 g/mol. The van der Waals surface area contributed by atoms with Crippen LogP contribution >= 0.6 is 11.3 Å².